The topological polar surface area (TPSA) is 35.5 Å². The van der Waals surface area contributed by atoms with Gasteiger partial charge in [-0.25, -0.2) is 0 Å². The van der Waals surface area contributed by atoms with Crippen molar-refractivity contribution in [3.63, 3.8) is 0 Å². The molecule has 0 saturated carbocycles. The largest absolute Gasteiger partial charge is 0.465 e. The van der Waals surface area contributed by atoms with Crippen molar-refractivity contribution in [1.82, 2.24) is 0 Å². The molecule has 3 nitrogen and oxygen atoms in total. The first kappa shape index (κ1) is 13.2. The Morgan fingerprint density at radius 1 is 1.35 bits per heavy atom. The number of ether oxygens (including phenoxy) is 2. The van der Waals surface area contributed by atoms with Gasteiger partial charge in [0.25, 0.3) is 0 Å². The Balaban J connectivity index is 1.76. The average molecular weight is 258 g/mol. The van der Waals surface area contributed by atoms with E-state index in [2.05, 4.69) is 19.6 Å². The fourth-order valence-corrected chi connectivity index (χ4v) is 3.44. The zero-order valence-electron chi connectivity index (χ0n) is 10.4. The van der Waals surface area contributed by atoms with Crippen molar-refractivity contribution in [2.45, 2.75) is 51.2 Å². The molecule has 2 aliphatic rings. The van der Waals surface area contributed by atoms with E-state index in [1.54, 1.807) is 0 Å². The Kier molecular flexibility index (Phi) is 4.74. The number of hydrogen-bond donors (Lipinski definition) is 1. The second-order valence-corrected chi connectivity index (χ2v) is 5.45. The van der Waals surface area contributed by atoms with Crippen molar-refractivity contribution in [3.8, 4) is 0 Å². The minimum absolute atomic E-state index is 0.0625. The SMILES string of the molecule is CCCCC(=O)OCC1C2CCC(O2)C1CS. The Hall–Kier alpha value is -0.220. The lowest BCUT2D eigenvalue weighted by Crippen LogP contribution is -2.32. The van der Waals surface area contributed by atoms with E-state index in [1.165, 1.54) is 0 Å². The summed E-state index contributed by atoms with van der Waals surface area (Å²) in [6.07, 6.45) is 5.42. The summed E-state index contributed by atoms with van der Waals surface area (Å²) in [5.74, 6) is 1.61. The summed E-state index contributed by atoms with van der Waals surface area (Å²) in [6, 6.07) is 0. The highest BCUT2D eigenvalue weighted by Crippen LogP contribution is 2.43. The summed E-state index contributed by atoms with van der Waals surface area (Å²) in [5, 5.41) is 0. The Bertz CT molecular complexity index is 269. The first-order valence-electron chi connectivity index (χ1n) is 6.68. The molecule has 98 valence electrons. The van der Waals surface area contributed by atoms with Crippen molar-refractivity contribution in [3.05, 3.63) is 0 Å². The maximum Gasteiger partial charge on any atom is 0.305 e. The number of unbranched alkanes of at least 4 members (excludes halogenated alkanes) is 1. The van der Waals surface area contributed by atoms with Crippen LogP contribution in [0.3, 0.4) is 0 Å². The zero-order chi connectivity index (χ0) is 12.3. The highest BCUT2D eigenvalue weighted by atomic mass is 32.1. The molecule has 17 heavy (non-hydrogen) atoms. The predicted molar refractivity (Wildman–Crippen MR) is 69.2 cm³/mol. The molecule has 0 amide bonds. The van der Waals surface area contributed by atoms with Gasteiger partial charge in [-0.1, -0.05) is 13.3 Å². The number of fused-ring (bicyclic) bond motifs is 2. The summed E-state index contributed by atoms with van der Waals surface area (Å²) in [4.78, 5) is 11.5. The Morgan fingerprint density at radius 3 is 2.71 bits per heavy atom. The number of thiol groups is 1. The highest BCUT2D eigenvalue weighted by Gasteiger charge is 2.48. The smallest absolute Gasteiger partial charge is 0.305 e. The molecule has 0 aromatic heterocycles. The number of carbonyl (C=O) groups excluding carboxylic acids is 1. The maximum atomic E-state index is 11.5. The molecular formula is C13H22O3S. The van der Waals surface area contributed by atoms with Crippen LogP contribution < -0.4 is 0 Å². The zero-order valence-corrected chi connectivity index (χ0v) is 11.3. The van der Waals surface area contributed by atoms with E-state index < -0.39 is 0 Å². The highest BCUT2D eigenvalue weighted by molar-refractivity contribution is 7.80. The van der Waals surface area contributed by atoms with Crippen molar-refractivity contribution in [2.24, 2.45) is 11.8 Å². The van der Waals surface area contributed by atoms with E-state index in [-0.39, 0.29) is 5.97 Å². The van der Waals surface area contributed by atoms with Crippen molar-refractivity contribution in [2.75, 3.05) is 12.4 Å². The second kappa shape index (κ2) is 6.10. The molecule has 4 heteroatoms. The standard InChI is InChI=1S/C13H22O3S/c1-2-3-4-13(14)15-7-9-10(8-17)12-6-5-11(9)16-12/h9-12,17H,2-8H2,1H3. The third-order valence-corrected chi connectivity index (χ3v) is 4.39. The van der Waals surface area contributed by atoms with Gasteiger partial charge in [-0.05, 0) is 25.0 Å². The Morgan fingerprint density at radius 2 is 2.06 bits per heavy atom. The van der Waals surface area contributed by atoms with Crippen LogP contribution in [0, 0.1) is 11.8 Å². The molecule has 2 heterocycles. The van der Waals surface area contributed by atoms with Crippen LogP contribution in [0.25, 0.3) is 0 Å². The van der Waals surface area contributed by atoms with Gasteiger partial charge in [-0.3, -0.25) is 4.79 Å². The van der Waals surface area contributed by atoms with Crippen LogP contribution in [0.5, 0.6) is 0 Å². The molecule has 2 saturated heterocycles. The molecule has 2 bridgehead atoms. The minimum Gasteiger partial charge on any atom is -0.465 e. The molecule has 2 aliphatic heterocycles. The normalized spacial score (nSPS) is 35.2. The van der Waals surface area contributed by atoms with Gasteiger partial charge in [0.05, 0.1) is 18.8 Å². The van der Waals surface area contributed by atoms with Gasteiger partial charge < -0.3 is 9.47 Å². The van der Waals surface area contributed by atoms with Crippen LogP contribution in [0.15, 0.2) is 0 Å². The van der Waals surface area contributed by atoms with Crippen LogP contribution >= 0.6 is 12.6 Å². The van der Waals surface area contributed by atoms with E-state index in [0.29, 0.717) is 37.1 Å². The fraction of sp³-hybridized carbons (Fsp3) is 0.923. The van der Waals surface area contributed by atoms with Crippen molar-refractivity contribution in [1.29, 1.82) is 0 Å². The van der Waals surface area contributed by atoms with Gasteiger partial charge in [0, 0.05) is 18.3 Å². The van der Waals surface area contributed by atoms with Crippen LogP contribution in [0.1, 0.15) is 39.0 Å². The van der Waals surface area contributed by atoms with Gasteiger partial charge in [0.2, 0.25) is 0 Å². The second-order valence-electron chi connectivity index (χ2n) is 5.09. The number of hydrogen-bond acceptors (Lipinski definition) is 4. The average Bonchev–Trinajstić information content (AvgIpc) is 2.93. The molecule has 2 rings (SSSR count). The number of esters is 1. The van der Waals surface area contributed by atoms with Gasteiger partial charge in [0.1, 0.15) is 0 Å². The van der Waals surface area contributed by atoms with Crippen LogP contribution in [0.2, 0.25) is 0 Å². The quantitative estimate of drug-likeness (QED) is 0.587. The monoisotopic (exact) mass is 258 g/mol. The molecule has 0 aromatic carbocycles. The van der Waals surface area contributed by atoms with Crippen LogP contribution in [0.4, 0.5) is 0 Å². The van der Waals surface area contributed by atoms with Crippen LogP contribution in [-0.2, 0) is 14.3 Å². The molecule has 2 fully saturated rings. The first-order chi connectivity index (χ1) is 8.26. The summed E-state index contributed by atoms with van der Waals surface area (Å²) in [7, 11) is 0. The molecule has 0 spiro atoms. The first-order valence-corrected chi connectivity index (χ1v) is 7.31. The molecule has 0 aromatic rings. The van der Waals surface area contributed by atoms with E-state index >= 15 is 0 Å². The van der Waals surface area contributed by atoms with E-state index in [1.807, 2.05) is 0 Å². The third kappa shape index (κ3) is 2.97. The van der Waals surface area contributed by atoms with Gasteiger partial charge in [0.15, 0.2) is 0 Å². The lowest BCUT2D eigenvalue weighted by atomic mass is 9.81. The lowest BCUT2D eigenvalue weighted by Gasteiger charge is -2.26. The number of carbonyl (C=O) groups is 1. The van der Waals surface area contributed by atoms with Crippen LogP contribution in [-0.4, -0.2) is 30.5 Å². The van der Waals surface area contributed by atoms with Gasteiger partial charge in [-0.15, -0.1) is 0 Å². The third-order valence-electron chi connectivity index (χ3n) is 3.97. The Labute approximate surface area is 109 Å². The van der Waals surface area contributed by atoms with Gasteiger partial charge >= 0.3 is 5.97 Å². The van der Waals surface area contributed by atoms with E-state index in [4.69, 9.17) is 9.47 Å². The van der Waals surface area contributed by atoms with Crippen molar-refractivity contribution >= 4 is 18.6 Å². The summed E-state index contributed by atoms with van der Waals surface area (Å²) in [6.45, 7) is 2.60. The fourth-order valence-electron chi connectivity index (χ4n) is 2.94. The summed E-state index contributed by atoms with van der Waals surface area (Å²) >= 11 is 4.39. The molecule has 0 radical (unpaired) electrons. The minimum atomic E-state index is -0.0625. The maximum absolute atomic E-state index is 11.5. The van der Waals surface area contributed by atoms with E-state index in [9.17, 15) is 4.79 Å². The number of rotatable bonds is 6. The molecule has 0 aliphatic carbocycles. The van der Waals surface area contributed by atoms with Crippen molar-refractivity contribution < 1.29 is 14.3 Å². The lowest BCUT2D eigenvalue weighted by molar-refractivity contribution is -0.146. The predicted octanol–water partition coefficient (Wildman–Crippen LogP) is 2.44. The van der Waals surface area contributed by atoms with E-state index in [0.717, 1.165) is 31.4 Å². The molecular weight excluding hydrogens is 236 g/mol. The van der Waals surface area contributed by atoms with Gasteiger partial charge in [-0.2, -0.15) is 12.6 Å². The molecule has 4 atom stereocenters. The summed E-state index contributed by atoms with van der Waals surface area (Å²) < 4.78 is 11.2. The summed E-state index contributed by atoms with van der Waals surface area (Å²) in [5.41, 5.74) is 0. The molecule has 0 N–H and O–H groups in total. The molecule has 4 unspecified atom stereocenters.